The number of hydrogen-bond donors (Lipinski definition) is 1. The number of aromatic nitrogens is 1. The van der Waals surface area contributed by atoms with Crippen LogP contribution in [0.4, 0.5) is 0 Å². The average Bonchev–Trinajstić information content (AvgIpc) is 2.68. The van der Waals surface area contributed by atoms with Crippen molar-refractivity contribution < 1.29 is 9.53 Å². The number of rotatable bonds is 3. The minimum absolute atomic E-state index is 0.0997. The third-order valence-corrected chi connectivity index (χ3v) is 8.21. The standard InChI is InChI=1S/C25H30N2O3/c1-14(2)20-13-30-21-5-3-4-18-22(21)27(20)12-19(23(18)28)24(29)26-25-9-15-6-16(10-25)8-17(7-15)11-25/h3-5,12,14-17,20H,6-11,13H2,1-2H3,(H,26,29)/t15?,16?,17?,20-,25?/m0/s1. The molecule has 5 nitrogen and oxygen atoms in total. The van der Waals surface area contributed by atoms with Gasteiger partial charge < -0.3 is 14.6 Å². The van der Waals surface area contributed by atoms with E-state index in [-0.39, 0.29) is 28.5 Å². The van der Waals surface area contributed by atoms with Crippen LogP contribution in [0.5, 0.6) is 5.75 Å². The van der Waals surface area contributed by atoms with Gasteiger partial charge in [-0.15, -0.1) is 0 Å². The molecule has 1 amide bonds. The van der Waals surface area contributed by atoms with Crippen molar-refractivity contribution in [3.8, 4) is 5.75 Å². The first-order valence-electron chi connectivity index (χ1n) is 11.6. The molecule has 1 aliphatic heterocycles. The van der Waals surface area contributed by atoms with Crippen LogP contribution in [0.1, 0.15) is 68.8 Å². The van der Waals surface area contributed by atoms with E-state index in [4.69, 9.17) is 4.74 Å². The van der Waals surface area contributed by atoms with E-state index in [1.807, 2.05) is 18.2 Å². The number of carbonyl (C=O) groups excluding carboxylic acids is 1. The highest BCUT2D eigenvalue weighted by atomic mass is 16.5. The van der Waals surface area contributed by atoms with E-state index in [2.05, 4.69) is 23.7 Å². The van der Waals surface area contributed by atoms with E-state index in [0.29, 0.717) is 17.9 Å². The molecule has 5 aliphatic rings. The molecule has 1 atom stereocenters. The lowest BCUT2D eigenvalue weighted by molar-refractivity contribution is -0.0167. The largest absolute Gasteiger partial charge is 0.489 e. The van der Waals surface area contributed by atoms with Crippen LogP contribution in [0.15, 0.2) is 29.2 Å². The molecule has 0 unspecified atom stereocenters. The number of carbonyl (C=O) groups is 1. The van der Waals surface area contributed by atoms with E-state index in [1.54, 1.807) is 6.20 Å². The minimum Gasteiger partial charge on any atom is -0.489 e. The fraction of sp³-hybridized carbons (Fsp3) is 0.600. The summed E-state index contributed by atoms with van der Waals surface area (Å²) in [6.45, 7) is 4.87. The zero-order chi connectivity index (χ0) is 20.6. The SMILES string of the molecule is CC(C)[C@@H]1COc2cccc3c(=O)c(C(=O)NC45CC6CC(CC(C6)C4)C5)cn1c23. The van der Waals surface area contributed by atoms with Crippen molar-refractivity contribution in [2.24, 2.45) is 23.7 Å². The van der Waals surface area contributed by atoms with Gasteiger partial charge in [-0.25, -0.2) is 0 Å². The van der Waals surface area contributed by atoms with Gasteiger partial charge in [0.15, 0.2) is 0 Å². The molecule has 30 heavy (non-hydrogen) atoms. The minimum atomic E-state index is -0.188. The summed E-state index contributed by atoms with van der Waals surface area (Å²) >= 11 is 0. The Balaban J connectivity index is 1.42. The molecule has 0 spiro atoms. The van der Waals surface area contributed by atoms with Crippen molar-refractivity contribution in [2.75, 3.05) is 6.61 Å². The highest BCUT2D eigenvalue weighted by Gasteiger charge is 2.51. The molecule has 1 N–H and O–H groups in total. The molecule has 7 rings (SSSR count). The molecule has 1 aromatic carbocycles. The predicted octanol–water partition coefficient (Wildman–Crippen LogP) is 4.29. The lowest BCUT2D eigenvalue weighted by atomic mass is 9.53. The molecular weight excluding hydrogens is 376 g/mol. The van der Waals surface area contributed by atoms with Crippen LogP contribution in [0.3, 0.4) is 0 Å². The Morgan fingerprint density at radius 2 is 1.80 bits per heavy atom. The molecule has 158 valence electrons. The van der Waals surface area contributed by atoms with Crippen LogP contribution in [0.25, 0.3) is 10.9 Å². The van der Waals surface area contributed by atoms with Gasteiger partial charge in [-0.2, -0.15) is 0 Å². The zero-order valence-corrected chi connectivity index (χ0v) is 17.8. The molecule has 4 bridgehead atoms. The van der Waals surface area contributed by atoms with Crippen molar-refractivity contribution in [3.63, 3.8) is 0 Å². The third kappa shape index (κ3) is 2.67. The van der Waals surface area contributed by atoms with Crippen LogP contribution in [-0.2, 0) is 0 Å². The van der Waals surface area contributed by atoms with E-state index >= 15 is 0 Å². The van der Waals surface area contributed by atoms with Crippen LogP contribution >= 0.6 is 0 Å². The Kier molecular flexibility index (Phi) is 3.91. The van der Waals surface area contributed by atoms with Gasteiger partial charge >= 0.3 is 0 Å². The number of ether oxygens (including phenoxy) is 1. The number of pyridine rings is 1. The Morgan fingerprint density at radius 1 is 1.13 bits per heavy atom. The van der Waals surface area contributed by atoms with E-state index in [9.17, 15) is 9.59 Å². The monoisotopic (exact) mass is 406 g/mol. The van der Waals surface area contributed by atoms with Crippen molar-refractivity contribution >= 4 is 16.8 Å². The summed E-state index contributed by atoms with van der Waals surface area (Å²) < 4.78 is 8.08. The molecule has 1 aromatic heterocycles. The van der Waals surface area contributed by atoms with Gasteiger partial charge in [-0.1, -0.05) is 19.9 Å². The highest BCUT2D eigenvalue weighted by molar-refractivity contribution is 5.98. The number of hydrogen-bond acceptors (Lipinski definition) is 3. The van der Waals surface area contributed by atoms with Gasteiger partial charge in [0.1, 0.15) is 17.9 Å². The average molecular weight is 407 g/mol. The summed E-state index contributed by atoms with van der Waals surface area (Å²) in [6.07, 6.45) is 9.04. The molecule has 2 heterocycles. The van der Waals surface area contributed by atoms with Gasteiger partial charge in [0.2, 0.25) is 5.43 Å². The Labute approximate surface area is 176 Å². The fourth-order valence-corrected chi connectivity index (χ4v) is 7.26. The molecule has 0 saturated heterocycles. The van der Waals surface area contributed by atoms with E-state index in [1.165, 1.54) is 19.3 Å². The van der Waals surface area contributed by atoms with E-state index in [0.717, 1.165) is 48.3 Å². The molecule has 0 radical (unpaired) electrons. The van der Waals surface area contributed by atoms with Crippen LogP contribution < -0.4 is 15.5 Å². The molecule has 4 saturated carbocycles. The lowest BCUT2D eigenvalue weighted by Gasteiger charge is -2.56. The second kappa shape index (κ2) is 6.35. The van der Waals surface area contributed by atoms with Crippen molar-refractivity contribution in [1.82, 2.24) is 9.88 Å². The Morgan fingerprint density at radius 3 is 2.43 bits per heavy atom. The number of nitrogens with one attached hydrogen (secondary N) is 1. The second-order valence-corrected chi connectivity index (χ2v) is 10.7. The van der Waals surface area contributed by atoms with Gasteiger partial charge in [0, 0.05) is 11.7 Å². The van der Waals surface area contributed by atoms with Crippen LogP contribution in [0, 0.1) is 23.7 Å². The van der Waals surface area contributed by atoms with Crippen molar-refractivity contribution in [2.45, 2.75) is 64.0 Å². The Hall–Kier alpha value is -2.30. The first kappa shape index (κ1) is 18.5. The summed E-state index contributed by atoms with van der Waals surface area (Å²) in [5, 5.41) is 3.97. The first-order valence-corrected chi connectivity index (χ1v) is 11.6. The molecular formula is C25H30N2O3. The third-order valence-electron chi connectivity index (χ3n) is 8.21. The smallest absolute Gasteiger partial charge is 0.257 e. The molecule has 4 aliphatic carbocycles. The second-order valence-electron chi connectivity index (χ2n) is 10.7. The summed E-state index contributed by atoms with van der Waals surface area (Å²) in [7, 11) is 0. The zero-order valence-electron chi connectivity index (χ0n) is 17.8. The highest BCUT2D eigenvalue weighted by Crippen LogP contribution is 2.55. The fourth-order valence-electron chi connectivity index (χ4n) is 7.26. The number of para-hydroxylation sites is 1. The maximum absolute atomic E-state index is 13.5. The van der Waals surface area contributed by atoms with E-state index < -0.39 is 0 Å². The first-order chi connectivity index (χ1) is 14.4. The quantitative estimate of drug-likeness (QED) is 0.827. The van der Waals surface area contributed by atoms with Crippen molar-refractivity contribution in [3.05, 3.63) is 40.2 Å². The maximum Gasteiger partial charge on any atom is 0.257 e. The topological polar surface area (TPSA) is 60.3 Å². The Bertz CT molecular complexity index is 1060. The maximum atomic E-state index is 13.5. The van der Waals surface area contributed by atoms with Gasteiger partial charge in [-0.3, -0.25) is 9.59 Å². The van der Waals surface area contributed by atoms with Gasteiger partial charge in [0.05, 0.1) is 16.9 Å². The summed E-state index contributed by atoms with van der Waals surface area (Å²) in [4.78, 5) is 26.8. The summed E-state index contributed by atoms with van der Waals surface area (Å²) in [5.74, 6) is 3.13. The summed E-state index contributed by atoms with van der Waals surface area (Å²) in [6, 6.07) is 5.68. The van der Waals surface area contributed by atoms with Gasteiger partial charge in [-0.05, 0) is 74.3 Å². The number of benzene rings is 1. The number of nitrogens with zero attached hydrogens (tertiary/aromatic N) is 1. The predicted molar refractivity (Wildman–Crippen MR) is 116 cm³/mol. The van der Waals surface area contributed by atoms with Gasteiger partial charge in [0.25, 0.3) is 5.91 Å². The molecule has 2 aromatic rings. The lowest BCUT2D eigenvalue weighted by Crippen LogP contribution is -2.60. The van der Waals surface area contributed by atoms with Crippen LogP contribution in [-0.4, -0.2) is 22.6 Å². The summed E-state index contributed by atoms with van der Waals surface area (Å²) in [5.41, 5.74) is 0.817. The molecule has 5 heteroatoms. The van der Waals surface area contributed by atoms with Crippen LogP contribution in [0.2, 0.25) is 0 Å². The number of amides is 1. The van der Waals surface area contributed by atoms with Crippen molar-refractivity contribution in [1.29, 1.82) is 0 Å². The normalized spacial score (nSPS) is 33.7. The molecule has 4 fully saturated rings.